The number of carbonyl (C=O) groups is 1. The molecule has 1 aliphatic heterocycles. The molecule has 110 valence electrons. The predicted molar refractivity (Wildman–Crippen MR) is 89.0 cm³/mol. The third-order valence-electron chi connectivity index (χ3n) is 3.61. The Labute approximate surface area is 133 Å². The third kappa shape index (κ3) is 3.08. The van der Waals surface area contributed by atoms with Gasteiger partial charge in [0.05, 0.1) is 12.0 Å². The second-order valence-corrected chi connectivity index (χ2v) is 7.98. The number of hydrogen-bond acceptors (Lipinski definition) is 5. The van der Waals surface area contributed by atoms with Crippen LogP contribution in [0.25, 0.3) is 0 Å². The summed E-state index contributed by atoms with van der Waals surface area (Å²) >= 11 is 8.33. The molecule has 1 amide bonds. The Morgan fingerprint density at radius 2 is 2.20 bits per heavy atom. The number of thiophene rings is 1. The fraction of sp³-hybridized carbons (Fsp3) is 0.571. The van der Waals surface area contributed by atoms with E-state index in [1.807, 2.05) is 17.5 Å². The summed E-state index contributed by atoms with van der Waals surface area (Å²) in [7, 11) is 0. The summed E-state index contributed by atoms with van der Waals surface area (Å²) in [6.45, 7) is 5.97. The van der Waals surface area contributed by atoms with Crippen LogP contribution in [0, 0.1) is 11.8 Å². The van der Waals surface area contributed by atoms with Crippen LogP contribution in [0.1, 0.15) is 31.8 Å². The normalized spacial score (nSPS) is 22.4. The zero-order chi connectivity index (χ0) is 14.9. The van der Waals surface area contributed by atoms with Crippen molar-refractivity contribution in [3.8, 4) is 0 Å². The molecule has 3 nitrogen and oxygen atoms in total. The van der Waals surface area contributed by atoms with E-state index in [0.717, 1.165) is 10.6 Å². The SMILES string of the molecule is CC(C)[C@H]1CSC(=S)N1C(=O)[C@@H](C)[C@H](O)c1cccs1. The van der Waals surface area contributed by atoms with Gasteiger partial charge in [-0.25, -0.2) is 0 Å². The van der Waals surface area contributed by atoms with Gasteiger partial charge in [0.15, 0.2) is 0 Å². The van der Waals surface area contributed by atoms with Gasteiger partial charge in [0, 0.05) is 16.7 Å². The molecule has 3 atom stereocenters. The van der Waals surface area contributed by atoms with E-state index in [2.05, 4.69) is 13.8 Å². The number of thioether (sulfide) groups is 1. The highest BCUT2D eigenvalue weighted by molar-refractivity contribution is 8.23. The Bertz CT molecular complexity index is 487. The van der Waals surface area contributed by atoms with Gasteiger partial charge in [-0.2, -0.15) is 0 Å². The van der Waals surface area contributed by atoms with Gasteiger partial charge in [0.1, 0.15) is 4.32 Å². The minimum Gasteiger partial charge on any atom is -0.387 e. The molecule has 0 aromatic carbocycles. The van der Waals surface area contributed by atoms with Crippen molar-refractivity contribution in [2.45, 2.75) is 32.9 Å². The van der Waals surface area contributed by atoms with Crippen molar-refractivity contribution in [3.05, 3.63) is 22.4 Å². The fourth-order valence-corrected chi connectivity index (χ4v) is 4.70. The van der Waals surface area contributed by atoms with Crippen LogP contribution >= 0.6 is 35.3 Å². The van der Waals surface area contributed by atoms with E-state index in [-0.39, 0.29) is 11.9 Å². The standard InChI is InChI=1S/C14H19NO2S3/c1-8(2)10-7-20-14(18)15(10)13(17)9(3)12(16)11-5-4-6-19-11/h4-6,8-10,12,16H,7H2,1-3H3/t9-,10+,12-/m0/s1. The molecule has 1 fully saturated rings. The van der Waals surface area contributed by atoms with Crippen molar-refractivity contribution in [3.63, 3.8) is 0 Å². The predicted octanol–water partition coefficient (Wildman–Crippen LogP) is 3.30. The maximum atomic E-state index is 12.7. The summed E-state index contributed by atoms with van der Waals surface area (Å²) in [5.41, 5.74) is 0. The van der Waals surface area contributed by atoms with Crippen LogP contribution in [-0.4, -0.2) is 32.0 Å². The molecular weight excluding hydrogens is 310 g/mol. The quantitative estimate of drug-likeness (QED) is 0.861. The van der Waals surface area contributed by atoms with Crippen LogP contribution in [0.2, 0.25) is 0 Å². The number of aliphatic hydroxyl groups is 1. The highest BCUT2D eigenvalue weighted by Gasteiger charge is 2.39. The number of rotatable bonds is 4. The van der Waals surface area contributed by atoms with Crippen LogP contribution in [0.4, 0.5) is 0 Å². The molecule has 1 N–H and O–H groups in total. The monoisotopic (exact) mass is 329 g/mol. The van der Waals surface area contributed by atoms with Gasteiger partial charge >= 0.3 is 0 Å². The Hall–Kier alpha value is -0.430. The van der Waals surface area contributed by atoms with Crippen molar-refractivity contribution in [1.82, 2.24) is 4.90 Å². The van der Waals surface area contributed by atoms with Crippen LogP contribution in [0.3, 0.4) is 0 Å². The lowest BCUT2D eigenvalue weighted by Gasteiger charge is -2.30. The van der Waals surface area contributed by atoms with Crippen LogP contribution in [-0.2, 0) is 4.79 Å². The van der Waals surface area contributed by atoms with Crippen molar-refractivity contribution >= 4 is 45.5 Å². The summed E-state index contributed by atoms with van der Waals surface area (Å²) in [5.74, 6) is 0.661. The van der Waals surface area contributed by atoms with E-state index in [1.54, 1.807) is 23.6 Å². The average Bonchev–Trinajstić information content (AvgIpc) is 3.05. The van der Waals surface area contributed by atoms with Gasteiger partial charge in [0.25, 0.3) is 0 Å². The Balaban J connectivity index is 2.15. The first-order valence-corrected chi connectivity index (χ1v) is 8.92. The van der Waals surface area contributed by atoms with Gasteiger partial charge in [0.2, 0.25) is 5.91 Å². The molecule has 20 heavy (non-hydrogen) atoms. The largest absolute Gasteiger partial charge is 0.387 e. The molecule has 0 spiro atoms. The topological polar surface area (TPSA) is 40.5 Å². The fourth-order valence-electron chi connectivity index (χ4n) is 2.24. The summed E-state index contributed by atoms with van der Waals surface area (Å²) in [6.07, 6.45) is -0.760. The number of hydrogen-bond donors (Lipinski definition) is 1. The molecule has 2 rings (SSSR count). The van der Waals surface area contributed by atoms with Gasteiger partial charge in [-0.3, -0.25) is 9.69 Å². The molecule has 2 heterocycles. The first-order chi connectivity index (χ1) is 9.43. The van der Waals surface area contributed by atoms with Crippen LogP contribution < -0.4 is 0 Å². The van der Waals surface area contributed by atoms with Gasteiger partial charge in [-0.1, -0.05) is 50.8 Å². The molecule has 0 saturated carbocycles. The highest BCUT2D eigenvalue weighted by atomic mass is 32.2. The number of carbonyl (C=O) groups excluding carboxylic acids is 1. The third-order valence-corrected chi connectivity index (χ3v) is 6.06. The smallest absolute Gasteiger partial charge is 0.234 e. The number of aliphatic hydroxyl groups excluding tert-OH is 1. The van der Waals surface area contributed by atoms with Crippen LogP contribution in [0.15, 0.2) is 17.5 Å². The molecule has 1 aromatic rings. The maximum absolute atomic E-state index is 12.7. The van der Waals surface area contributed by atoms with Crippen molar-refractivity contribution in [2.75, 3.05) is 5.75 Å². The summed E-state index contributed by atoms with van der Waals surface area (Å²) in [5, 5.41) is 12.2. The second-order valence-electron chi connectivity index (χ2n) is 5.35. The Morgan fingerprint density at radius 1 is 1.50 bits per heavy atom. The molecule has 0 radical (unpaired) electrons. The lowest BCUT2D eigenvalue weighted by atomic mass is 9.98. The first kappa shape index (κ1) is 15.9. The zero-order valence-electron chi connectivity index (χ0n) is 11.8. The van der Waals surface area contributed by atoms with Gasteiger partial charge < -0.3 is 5.11 Å². The molecule has 1 aliphatic rings. The highest BCUT2D eigenvalue weighted by Crippen LogP contribution is 2.33. The van der Waals surface area contributed by atoms with Crippen molar-refractivity contribution < 1.29 is 9.90 Å². The molecule has 1 aromatic heterocycles. The number of amides is 1. The summed E-state index contributed by atoms with van der Waals surface area (Å²) in [6, 6.07) is 3.88. The molecule has 6 heteroatoms. The molecule has 0 unspecified atom stereocenters. The lowest BCUT2D eigenvalue weighted by molar-refractivity contribution is -0.136. The van der Waals surface area contributed by atoms with E-state index >= 15 is 0 Å². The minimum absolute atomic E-state index is 0.0698. The molecule has 0 bridgehead atoms. The van der Waals surface area contributed by atoms with Gasteiger partial charge in [-0.15, -0.1) is 11.3 Å². The van der Waals surface area contributed by atoms with Crippen molar-refractivity contribution in [1.29, 1.82) is 0 Å². The second kappa shape index (κ2) is 6.56. The molecule has 0 aliphatic carbocycles. The summed E-state index contributed by atoms with van der Waals surface area (Å²) in [4.78, 5) is 15.2. The zero-order valence-corrected chi connectivity index (χ0v) is 14.2. The van der Waals surface area contributed by atoms with Gasteiger partial charge in [-0.05, 0) is 17.4 Å². The van der Waals surface area contributed by atoms with Crippen molar-refractivity contribution in [2.24, 2.45) is 11.8 Å². The molecule has 1 saturated heterocycles. The Kier molecular flexibility index (Phi) is 5.23. The van der Waals surface area contributed by atoms with E-state index in [4.69, 9.17) is 12.2 Å². The van der Waals surface area contributed by atoms with Crippen LogP contribution in [0.5, 0.6) is 0 Å². The maximum Gasteiger partial charge on any atom is 0.234 e. The van der Waals surface area contributed by atoms with E-state index in [1.165, 1.54) is 11.3 Å². The number of nitrogens with zero attached hydrogens (tertiary/aromatic N) is 1. The minimum atomic E-state index is -0.760. The summed E-state index contributed by atoms with van der Waals surface area (Å²) < 4.78 is 0.638. The first-order valence-electron chi connectivity index (χ1n) is 6.64. The molecular formula is C14H19NO2S3. The van der Waals surface area contributed by atoms with E-state index in [0.29, 0.717) is 10.2 Å². The lowest BCUT2D eigenvalue weighted by Crippen LogP contribution is -2.45. The van der Waals surface area contributed by atoms with E-state index in [9.17, 15) is 9.90 Å². The van der Waals surface area contributed by atoms with E-state index < -0.39 is 12.0 Å². The average molecular weight is 330 g/mol. The Morgan fingerprint density at radius 3 is 2.75 bits per heavy atom. The number of thiocarbonyl (C=S) groups is 1.